The molecule has 0 saturated heterocycles. The topological polar surface area (TPSA) is 29.9 Å². The summed E-state index contributed by atoms with van der Waals surface area (Å²) in [6.45, 7) is 6.96. The van der Waals surface area contributed by atoms with E-state index in [4.69, 9.17) is 0 Å². The Kier molecular flexibility index (Phi) is 4.55. The van der Waals surface area contributed by atoms with Crippen LogP contribution in [-0.4, -0.2) is 16.3 Å². The average molecular weight is 275 g/mol. The lowest BCUT2D eigenvalue weighted by Crippen LogP contribution is -2.24. The number of halogens is 1. The number of rotatable bonds is 5. The van der Waals surface area contributed by atoms with Gasteiger partial charge in [0, 0.05) is 18.3 Å². The summed E-state index contributed by atoms with van der Waals surface area (Å²) in [5, 5.41) is 7.79. The molecular formula is C16H22FN3. The molecule has 1 aromatic heterocycles. The first-order valence-electron chi connectivity index (χ1n) is 7.02. The van der Waals surface area contributed by atoms with Crippen molar-refractivity contribution in [1.29, 1.82) is 0 Å². The first-order chi connectivity index (χ1) is 9.52. The van der Waals surface area contributed by atoms with Crippen LogP contribution >= 0.6 is 0 Å². The maximum atomic E-state index is 13.7. The molecule has 0 fully saturated rings. The molecule has 0 aliphatic rings. The van der Waals surface area contributed by atoms with Gasteiger partial charge in [0.1, 0.15) is 5.82 Å². The van der Waals surface area contributed by atoms with Crippen LogP contribution in [0, 0.1) is 19.7 Å². The van der Waals surface area contributed by atoms with E-state index in [0.717, 1.165) is 35.3 Å². The van der Waals surface area contributed by atoms with Crippen LogP contribution in [0.1, 0.15) is 41.8 Å². The summed E-state index contributed by atoms with van der Waals surface area (Å²) in [6.07, 6.45) is 2.90. The predicted molar refractivity (Wildman–Crippen MR) is 79.2 cm³/mol. The summed E-state index contributed by atoms with van der Waals surface area (Å²) >= 11 is 0. The molecule has 0 saturated carbocycles. The third-order valence-electron chi connectivity index (χ3n) is 3.58. The Morgan fingerprint density at radius 3 is 2.60 bits per heavy atom. The van der Waals surface area contributed by atoms with E-state index in [-0.39, 0.29) is 11.9 Å². The molecule has 0 radical (unpaired) electrons. The molecule has 1 aromatic carbocycles. The Balaban J connectivity index is 2.44. The fourth-order valence-corrected chi connectivity index (χ4v) is 2.43. The molecule has 1 N–H and O–H groups in total. The van der Waals surface area contributed by atoms with E-state index in [2.05, 4.69) is 17.3 Å². The molecule has 2 aromatic rings. The van der Waals surface area contributed by atoms with Crippen molar-refractivity contribution in [3.8, 4) is 0 Å². The van der Waals surface area contributed by atoms with Gasteiger partial charge in [0.05, 0.1) is 12.2 Å². The number of aromatic nitrogens is 2. The molecular weight excluding hydrogens is 253 g/mol. The van der Waals surface area contributed by atoms with Gasteiger partial charge < -0.3 is 5.32 Å². The molecule has 0 bridgehead atoms. The zero-order valence-electron chi connectivity index (χ0n) is 12.6. The van der Waals surface area contributed by atoms with Crippen LogP contribution in [0.15, 0.2) is 24.4 Å². The highest BCUT2D eigenvalue weighted by atomic mass is 19.1. The fraction of sp³-hybridized carbons (Fsp3) is 0.438. The molecule has 2 rings (SSSR count). The Morgan fingerprint density at radius 2 is 2.05 bits per heavy atom. The quantitative estimate of drug-likeness (QED) is 0.907. The number of nitrogens with zero attached hydrogens (tertiary/aromatic N) is 2. The number of hydrogen-bond donors (Lipinski definition) is 1. The molecule has 0 amide bonds. The van der Waals surface area contributed by atoms with Crippen molar-refractivity contribution >= 4 is 0 Å². The molecule has 20 heavy (non-hydrogen) atoms. The maximum absolute atomic E-state index is 13.7. The average Bonchev–Trinajstić information content (AvgIpc) is 2.70. The lowest BCUT2D eigenvalue weighted by atomic mass is 9.97. The van der Waals surface area contributed by atoms with Crippen LogP contribution in [-0.2, 0) is 7.05 Å². The highest BCUT2D eigenvalue weighted by Crippen LogP contribution is 2.26. The Labute approximate surface area is 119 Å². The van der Waals surface area contributed by atoms with E-state index < -0.39 is 0 Å². The molecule has 0 spiro atoms. The van der Waals surface area contributed by atoms with Gasteiger partial charge >= 0.3 is 0 Å². The maximum Gasteiger partial charge on any atom is 0.123 e. The van der Waals surface area contributed by atoms with E-state index in [1.807, 2.05) is 37.8 Å². The van der Waals surface area contributed by atoms with Crippen molar-refractivity contribution < 1.29 is 4.39 Å². The van der Waals surface area contributed by atoms with Gasteiger partial charge in [0.2, 0.25) is 0 Å². The smallest absolute Gasteiger partial charge is 0.123 e. The summed E-state index contributed by atoms with van der Waals surface area (Å²) in [6, 6.07) is 5.17. The standard InChI is InChI=1S/C16H22FN3/c1-5-6-18-16(15-10-19-20(4)12(15)3)13-7-11(2)8-14(17)9-13/h7-10,16,18H,5-6H2,1-4H3. The summed E-state index contributed by atoms with van der Waals surface area (Å²) in [5.74, 6) is -0.190. The molecule has 4 heteroatoms. The van der Waals surface area contributed by atoms with Gasteiger partial charge in [-0.15, -0.1) is 0 Å². The SMILES string of the molecule is CCCNC(c1cc(C)cc(F)c1)c1cnn(C)c1C. The van der Waals surface area contributed by atoms with Gasteiger partial charge in [-0.2, -0.15) is 5.10 Å². The van der Waals surface area contributed by atoms with Crippen LogP contribution in [0.2, 0.25) is 0 Å². The number of benzene rings is 1. The van der Waals surface area contributed by atoms with E-state index in [1.54, 1.807) is 12.1 Å². The van der Waals surface area contributed by atoms with Crippen LogP contribution < -0.4 is 5.32 Å². The predicted octanol–water partition coefficient (Wildman–Crippen LogP) is 3.27. The second-order valence-electron chi connectivity index (χ2n) is 5.26. The molecule has 0 aliphatic heterocycles. The molecule has 1 atom stereocenters. The first-order valence-corrected chi connectivity index (χ1v) is 7.02. The monoisotopic (exact) mass is 275 g/mol. The van der Waals surface area contributed by atoms with Gasteiger partial charge in [0.25, 0.3) is 0 Å². The van der Waals surface area contributed by atoms with Crippen molar-refractivity contribution in [1.82, 2.24) is 15.1 Å². The second kappa shape index (κ2) is 6.18. The van der Waals surface area contributed by atoms with E-state index in [1.165, 1.54) is 0 Å². The normalized spacial score (nSPS) is 12.7. The molecule has 1 unspecified atom stereocenters. The Bertz CT molecular complexity index is 569. The third kappa shape index (κ3) is 3.07. The second-order valence-corrected chi connectivity index (χ2v) is 5.26. The molecule has 108 valence electrons. The minimum atomic E-state index is -0.190. The van der Waals surface area contributed by atoms with Crippen molar-refractivity contribution in [2.75, 3.05) is 6.54 Å². The van der Waals surface area contributed by atoms with Crippen LogP contribution in [0.25, 0.3) is 0 Å². The van der Waals surface area contributed by atoms with E-state index in [9.17, 15) is 4.39 Å². The number of hydrogen-bond acceptors (Lipinski definition) is 2. The highest BCUT2D eigenvalue weighted by Gasteiger charge is 2.19. The van der Waals surface area contributed by atoms with Crippen molar-refractivity contribution in [2.45, 2.75) is 33.2 Å². The lowest BCUT2D eigenvalue weighted by molar-refractivity contribution is 0.581. The van der Waals surface area contributed by atoms with Gasteiger partial charge in [-0.1, -0.05) is 13.0 Å². The fourth-order valence-electron chi connectivity index (χ4n) is 2.43. The van der Waals surface area contributed by atoms with Crippen molar-refractivity contribution in [3.63, 3.8) is 0 Å². The minimum Gasteiger partial charge on any atom is -0.306 e. The lowest BCUT2D eigenvalue weighted by Gasteiger charge is -2.19. The van der Waals surface area contributed by atoms with Gasteiger partial charge in [-0.05, 0) is 50.1 Å². The van der Waals surface area contributed by atoms with Crippen LogP contribution in [0.3, 0.4) is 0 Å². The zero-order valence-corrected chi connectivity index (χ0v) is 12.6. The van der Waals surface area contributed by atoms with Gasteiger partial charge in [-0.25, -0.2) is 4.39 Å². The van der Waals surface area contributed by atoms with Crippen molar-refractivity contribution in [3.05, 3.63) is 52.6 Å². The highest BCUT2D eigenvalue weighted by molar-refractivity contribution is 5.35. The number of nitrogens with one attached hydrogen (secondary N) is 1. The summed E-state index contributed by atoms with van der Waals surface area (Å²) in [5.41, 5.74) is 4.09. The largest absolute Gasteiger partial charge is 0.306 e. The van der Waals surface area contributed by atoms with Crippen molar-refractivity contribution in [2.24, 2.45) is 7.05 Å². The molecule has 3 nitrogen and oxygen atoms in total. The first kappa shape index (κ1) is 14.7. The molecule has 0 aliphatic carbocycles. The summed E-state index contributed by atoms with van der Waals surface area (Å²) < 4.78 is 15.5. The van der Waals surface area contributed by atoms with E-state index >= 15 is 0 Å². The van der Waals surface area contributed by atoms with Crippen LogP contribution in [0.5, 0.6) is 0 Å². The molecule has 1 heterocycles. The Hall–Kier alpha value is -1.68. The summed E-state index contributed by atoms with van der Waals surface area (Å²) in [7, 11) is 1.92. The van der Waals surface area contributed by atoms with Gasteiger partial charge in [-0.3, -0.25) is 4.68 Å². The summed E-state index contributed by atoms with van der Waals surface area (Å²) in [4.78, 5) is 0. The third-order valence-corrected chi connectivity index (χ3v) is 3.58. The zero-order chi connectivity index (χ0) is 14.7. The minimum absolute atomic E-state index is 0.0157. The van der Waals surface area contributed by atoms with E-state index in [0.29, 0.717) is 0 Å². The van der Waals surface area contributed by atoms with Crippen LogP contribution in [0.4, 0.5) is 4.39 Å². The number of aryl methyl sites for hydroxylation is 2. The Morgan fingerprint density at radius 1 is 1.30 bits per heavy atom. The van der Waals surface area contributed by atoms with Gasteiger partial charge in [0.15, 0.2) is 0 Å².